The predicted molar refractivity (Wildman–Crippen MR) is 144 cm³/mol. The van der Waals surface area contributed by atoms with E-state index in [9.17, 15) is 18.4 Å². The zero-order valence-electron chi connectivity index (χ0n) is 22.9. The van der Waals surface area contributed by atoms with E-state index in [-0.39, 0.29) is 36.6 Å². The molecule has 40 heavy (non-hydrogen) atoms. The molecule has 1 saturated carbocycles. The average molecular weight is 558 g/mol. The summed E-state index contributed by atoms with van der Waals surface area (Å²) in [5.74, 6) is 0.823. The molecule has 2 saturated heterocycles. The lowest BCUT2D eigenvalue weighted by atomic mass is 10.1. The molecule has 1 aromatic heterocycles. The number of piperidine rings is 1. The van der Waals surface area contributed by atoms with Crippen molar-refractivity contribution in [1.29, 1.82) is 0 Å². The highest BCUT2D eigenvalue weighted by molar-refractivity contribution is 5.95. The Morgan fingerprint density at radius 1 is 1.10 bits per heavy atom. The molecular formula is C29H37F2N5O4. The van der Waals surface area contributed by atoms with Crippen molar-refractivity contribution in [2.45, 2.75) is 57.6 Å². The number of anilines is 1. The maximum atomic E-state index is 13.5. The van der Waals surface area contributed by atoms with Gasteiger partial charge in [0, 0.05) is 61.8 Å². The van der Waals surface area contributed by atoms with Crippen molar-refractivity contribution in [3.05, 3.63) is 46.3 Å². The van der Waals surface area contributed by atoms with Crippen molar-refractivity contribution < 1.29 is 28.2 Å². The quantitative estimate of drug-likeness (QED) is 0.537. The minimum atomic E-state index is -2.51. The second-order valence-corrected chi connectivity index (χ2v) is 11.4. The van der Waals surface area contributed by atoms with E-state index in [0.29, 0.717) is 69.0 Å². The van der Waals surface area contributed by atoms with E-state index in [0.717, 1.165) is 42.6 Å². The van der Waals surface area contributed by atoms with Crippen molar-refractivity contribution in [3.63, 3.8) is 0 Å². The molecule has 6 rings (SSSR count). The third-order valence-corrected chi connectivity index (χ3v) is 9.06. The number of fused-ring (bicyclic) bond motifs is 3. The van der Waals surface area contributed by atoms with E-state index in [2.05, 4.69) is 4.90 Å². The predicted octanol–water partition coefficient (Wildman–Crippen LogP) is 2.75. The van der Waals surface area contributed by atoms with Gasteiger partial charge >= 0.3 is 0 Å². The van der Waals surface area contributed by atoms with Crippen LogP contribution in [-0.4, -0.2) is 95.1 Å². The number of nitrogens with zero attached hydrogens (tertiary/aromatic N) is 5. The number of carbonyl (C=O) groups is 2. The zero-order chi connectivity index (χ0) is 28.0. The van der Waals surface area contributed by atoms with Crippen LogP contribution in [-0.2, 0) is 22.5 Å². The summed E-state index contributed by atoms with van der Waals surface area (Å²) in [5, 5.41) is 13.7. The van der Waals surface area contributed by atoms with Gasteiger partial charge in [-0.2, -0.15) is 5.10 Å². The van der Waals surface area contributed by atoms with Gasteiger partial charge in [-0.15, -0.1) is 0 Å². The van der Waals surface area contributed by atoms with Gasteiger partial charge in [-0.05, 0) is 56.1 Å². The lowest BCUT2D eigenvalue weighted by Gasteiger charge is -2.37. The number of aliphatic hydroxyl groups excluding tert-OH is 1. The number of alkyl halides is 2. The fourth-order valence-corrected chi connectivity index (χ4v) is 6.72. The second-order valence-electron chi connectivity index (χ2n) is 11.4. The molecule has 9 nitrogen and oxygen atoms in total. The molecule has 3 fully saturated rings. The van der Waals surface area contributed by atoms with E-state index in [1.165, 1.54) is 6.07 Å². The molecule has 0 spiro atoms. The number of halogens is 2. The van der Waals surface area contributed by atoms with Crippen molar-refractivity contribution in [3.8, 4) is 0 Å². The molecular weight excluding hydrogens is 520 g/mol. The fraction of sp³-hybridized carbons (Fsp3) is 0.621. The van der Waals surface area contributed by atoms with E-state index < -0.39 is 6.43 Å². The summed E-state index contributed by atoms with van der Waals surface area (Å²) in [6, 6.07) is 4.99. The first-order valence-electron chi connectivity index (χ1n) is 14.4. The molecule has 216 valence electrons. The summed E-state index contributed by atoms with van der Waals surface area (Å²) in [6.07, 6.45) is 0.950. The van der Waals surface area contributed by atoms with Crippen molar-refractivity contribution in [2.24, 2.45) is 5.92 Å². The van der Waals surface area contributed by atoms with Gasteiger partial charge in [-0.1, -0.05) is 12.1 Å². The number of rotatable bonds is 8. The van der Waals surface area contributed by atoms with Gasteiger partial charge in [0.25, 0.3) is 12.3 Å². The fourth-order valence-electron chi connectivity index (χ4n) is 6.72. The van der Waals surface area contributed by atoms with Gasteiger partial charge in [0.1, 0.15) is 6.54 Å². The summed E-state index contributed by atoms with van der Waals surface area (Å²) in [4.78, 5) is 32.6. The first-order valence-corrected chi connectivity index (χ1v) is 14.4. The number of hydrogen-bond acceptors (Lipinski definition) is 6. The molecule has 1 N–H and O–H groups in total. The smallest absolute Gasteiger partial charge is 0.274 e. The summed E-state index contributed by atoms with van der Waals surface area (Å²) < 4.78 is 34.1. The topological polar surface area (TPSA) is 91.1 Å². The molecule has 0 radical (unpaired) electrons. The summed E-state index contributed by atoms with van der Waals surface area (Å²) in [7, 11) is 0. The van der Waals surface area contributed by atoms with Crippen LogP contribution in [0.2, 0.25) is 0 Å². The molecule has 2 aliphatic carbocycles. The van der Waals surface area contributed by atoms with Crippen LogP contribution in [0, 0.1) is 12.8 Å². The molecule has 2 amide bonds. The Labute approximate surface area is 232 Å². The number of benzene rings is 1. The molecule has 1 aromatic carbocycles. The molecule has 2 aliphatic heterocycles. The number of carbonyl (C=O) groups excluding carboxylic acids is 2. The normalized spacial score (nSPS) is 22.6. The van der Waals surface area contributed by atoms with Crippen LogP contribution in [0.1, 0.15) is 64.5 Å². The van der Waals surface area contributed by atoms with Crippen LogP contribution in [0.5, 0.6) is 0 Å². The summed E-state index contributed by atoms with van der Waals surface area (Å²) in [6.45, 7) is 5.47. The van der Waals surface area contributed by atoms with Crippen LogP contribution in [0.25, 0.3) is 0 Å². The Bertz CT molecular complexity index is 1270. The number of piperazine rings is 1. The van der Waals surface area contributed by atoms with E-state index in [4.69, 9.17) is 14.9 Å². The minimum Gasteiger partial charge on any atom is -0.394 e. The Kier molecular flexibility index (Phi) is 7.52. The monoisotopic (exact) mass is 557 g/mol. The van der Waals surface area contributed by atoms with Gasteiger partial charge in [0.05, 0.1) is 19.3 Å². The van der Waals surface area contributed by atoms with E-state index in [1.54, 1.807) is 17.7 Å². The number of hydrogen-bond donors (Lipinski definition) is 1. The summed E-state index contributed by atoms with van der Waals surface area (Å²) in [5.41, 5.74) is 3.99. The third-order valence-electron chi connectivity index (χ3n) is 9.06. The van der Waals surface area contributed by atoms with Gasteiger partial charge in [0.2, 0.25) is 5.91 Å². The first-order chi connectivity index (χ1) is 19.4. The minimum absolute atomic E-state index is 0.00544. The van der Waals surface area contributed by atoms with Crippen LogP contribution in [0.4, 0.5) is 14.5 Å². The van der Waals surface area contributed by atoms with Gasteiger partial charge in [-0.3, -0.25) is 14.3 Å². The molecule has 3 heterocycles. The van der Waals surface area contributed by atoms with Crippen LogP contribution in [0.15, 0.2) is 18.2 Å². The van der Waals surface area contributed by atoms with Gasteiger partial charge < -0.3 is 24.5 Å². The molecule has 0 unspecified atom stereocenters. The molecule has 0 bridgehead atoms. The zero-order valence-corrected chi connectivity index (χ0v) is 22.9. The van der Waals surface area contributed by atoms with Crippen molar-refractivity contribution in [1.82, 2.24) is 19.6 Å². The summed E-state index contributed by atoms with van der Waals surface area (Å²) >= 11 is 0. The molecule has 2 atom stereocenters. The molecule has 2 aromatic rings. The molecule has 11 heteroatoms. The first kappa shape index (κ1) is 27.1. The number of ether oxygens (including phenoxy) is 1. The SMILES string of the molecule is Cc1c(C(F)F)cccc1N1CCN(C(=O)Cn2nc(C(=O)N3CCC(OCCO)CC3)c3c2C[C@H]2C[C@@H]32)CC1. The second kappa shape index (κ2) is 11.1. The number of aliphatic hydroxyl groups is 1. The number of amides is 2. The Balaban J connectivity index is 1.10. The Morgan fingerprint density at radius 2 is 1.85 bits per heavy atom. The Morgan fingerprint density at radius 3 is 2.55 bits per heavy atom. The van der Waals surface area contributed by atoms with Crippen LogP contribution < -0.4 is 4.90 Å². The standard InChI is InChI=1S/C29H37F2N5O4/c1-18-21(28(30)31)3-2-4-23(18)33-9-11-34(12-10-33)25(38)17-36-24-16-19-15-22(19)26(24)27(32-36)29(39)35-7-5-20(6-8-35)40-14-13-37/h2-4,19-20,22,28,37H,5-17H2,1H3/t19-,22-/m1/s1. The van der Waals surface area contributed by atoms with E-state index in [1.807, 2.05) is 15.9 Å². The van der Waals surface area contributed by atoms with Gasteiger partial charge in [0.15, 0.2) is 5.69 Å². The Hall–Kier alpha value is -3.05. The average Bonchev–Trinajstić information content (AvgIpc) is 3.49. The largest absolute Gasteiger partial charge is 0.394 e. The third kappa shape index (κ3) is 5.09. The van der Waals surface area contributed by atoms with Crippen molar-refractivity contribution >= 4 is 17.5 Å². The molecule has 4 aliphatic rings. The van der Waals surface area contributed by atoms with Crippen molar-refractivity contribution in [2.75, 3.05) is 57.4 Å². The van der Waals surface area contributed by atoms with E-state index >= 15 is 0 Å². The lowest BCUT2D eigenvalue weighted by Crippen LogP contribution is -2.50. The van der Waals surface area contributed by atoms with Crippen LogP contribution >= 0.6 is 0 Å². The van der Waals surface area contributed by atoms with Gasteiger partial charge in [-0.25, -0.2) is 8.78 Å². The highest BCUT2D eigenvalue weighted by Crippen LogP contribution is 2.57. The highest BCUT2D eigenvalue weighted by atomic mass is 19.3. The number of aromatic nitrogens is 2. The maximum absolute atomic E-state index is 13.5. The highest BCUT2D eigenvalue weighted by Gasteiger charge is 2.50. The number of likely N-dealkylation sites (tertiary alicyclic amines) is 1. The maximum Gasteiger partial charge on any atom is 0.274 e. The lowest BCUT2D eigenvalue weighted by molar-refractivity contribution is -0.132. The van der Waals surface area contributed by atoms with Crippen LogP contribution in [0.3, 0.4) is 0 Å².